The van der Waals surface area contributed by atoms with Crippen molar-refractivity contribution in [2.45, 2.75) is 25.8 Å². The second-order valence-electron chi connectivity index (χ2n) is 7.78. The van der Waals surface area contributed by atoms with Gasteiger partial charge in [-0.1, -0.05) is 42.5 Å². The van der Waals surface area contributed by atoms with Gasteiger partial charge in [0.15, 0.2) is 0 Å². The molecule has 0 unspecified atom stereocenters. The number of carbonyl (C=O) groups is 1. The highest BCUT2D eigenvalue weighted by molar-refractivity contribution is 5.91. The Morgan fingerprint density at radius 2 is 2.03 bits per heavy atom. The van der Waals surface area contributed by atoms with Crippen LogP contribution in [0.15, 0.2) is 60.4 Å². The first-order valence-electron chi connectivity index (χ1n) is 10.3. The van der Waals surface area contributed by atoms with Crippen molar-refractivity contribution in [2.24, 2.45) is 0 Å². The molecule has 0 aliphatic carbocycles. The summed E-state index contributed by atoms with van der Waals surface area (Å²) in [7, 11) is 0. The summed E-state index contributed by atoms with van der Waals surface area (Å²) in [4.78, 5) is 22.1. The minimum absolute atomic E-state index is 0.239. The normalized spacial score (nSPS) is 17.4. The lowest BCUT2D eigenvalue weighted by Gasteiger charge is -2.17. The molecule has 2 heterocycles. The van der Waals surface area contributed by atoms with E-state index in [0.717, 1.165) is 38.3 Å². The highest BCUT2D eigenvalue weighted by atomic mass is 16.4. The molecule has 2 N–H and O–H groups in total. The van der Waals surface area contributed by atoms with Crippen LogP contribution in [0.4, 0.5) is 5.82 Å². The molecule has 6 nitrogen and oxygen atoms in total. The fourth-order valence-corrected chi connectivity index (χ4v) is 3.92. The number of likely N-dealkylation sites (tertiary alicyclic amines) is 1. The summed E-state index contributed by atoms with van der Waals surface area (Å²) < 4.78 is 0. The molecule has 30 heavy (non-hydrogen) atoms. The van der Waals surface area contributed by atoms with E-state index < -0.39 is 5.97 Å². The second kappa shape index (κ2) is 9.05. The lowest BCUT2D eigenvalue weighted by atomic mass is 10.0. The van der Waals surface area contributed by atoms with Crippen LogP contribution in [0.25, 0.3) is 16.8 Å². The van der Waals surface area contributed by atoms with Crippen molar-refractivity contribution in [3.8, 4) is 0 Å². The molecule has 6 heteroatoms. The molecule has 0 spiro atoms. The molecule has 1 atom stereocenters. The highest BCUT2D eigenvalue weighted by Crippen LogP contribution is 2.20. The standard InChI is InChI=1S/C24H26N4O2/c1-17(24(29)30)13-21-14-26-23(15-25-21)27-20-10-12-28(16-20)11-9-19-7-4-6-18-5-2-3-8-22(18)19/h2-8,13-15,20H,9-12,16H2,1H3,(H,26,27)(H,29,30)/b17-13+/t20-/m1/s1. The van der Waals surface area contributed by atoms with Crippen LogP contribution in [0.3, 0.4) is 0 Å². The third-order valence-electron chi connectivity index (χ3n) is 5.58. The molecule has 0 saturated carbocycles. The van der Waals surface area contributed by atoms with Crippen molar-refractivity contribution in [3.63, 3.8) is 0 Å². The van der Waals surface area contributed by atoms with Gasteiger partial charge in [-0.05, 0) is 42.2 Å². The molecule has 4 rings (SSSR count). The summed E-state index contributed by atoms with van der Waals surface area (Å²) in [5.41, 5.74) is 2.18. The molecule has 1 aromatic heterocycles. The molecule has 154 valence electrons. The predicted molar refractivity (Wildman–Crippen MR) is 119 cm³/mol. The first kappa shape index (κ1) is 20.0. The number of anilines is 1. The first-order valence-corrected chi connectivity index (χ1v) is 10.3. The summed E-state index contributed by atoms with van der Waals surface area (Å²) in [6.07, 6.45) is 6.89. The number of aliphatic carboxylic acids is 1. The Morgan fingerprint density at radius 1 is 1.20 bits per heavy atom. The van der Waals surface area contributed by atoms with Crippen molar-refractivity contribution < 1.29 is 9.90 Å². The van der Waals surface area contributed by atoms with E-state index in [9.17, 15) is 4.79 Å². The van der Waals surface area contributed by atoms with Crippen molar-refractivity contribution in [1.82, 2.24) is 14.9 Å². The molecule has 2 aromatic carbocycles. The van der Waals surface area contributed by atoms with Crippen LogP contribution in [-0.4, -0.2) is 51.6 Å². The van der Waals surface area contributed by atoms with Gasteiger partial charge >= 0.3 is 5.97 Å². The lowest BCUT2D eigenvalue weighted by molar-refractivity contribution is -0.132. The largest absolute Gasteiger partial charge is 0.478 e. The number of rotatable bonds is 7. The van der Waals surface area contributed by atoms with Gasteiger partial charge in [-0.25, -0.2) is 9.78 Å². The van der Waals surface area contributed by atoms with Gasteiger partial charge in [0.1, 0.15) is 5.82 Å². The van der Waals surface area contributed by atoms with Crippen LogP contribution < -0.4 is 5.32 Å². The van der Waals surface area contributed by atoms with Crippen LogP contribution in [-0.2, 0) is 11.2 Å². The fourth-order valence-electron chi connectivity index (χ4n) is 3.92. The van der Waals surface area contributed by atoms with Crippen LogP contribution >= 0.6 is 0 Å². The average Bonchev–Trinajstić information content (AvgIpc) is 3.20. The Balaban J connectivity index is 1.30. The molecular weight excluding hydrogens is 376 g/mol. The molecule has 1 fully saturated rings. The van der Waals surface area contributed by atoms with Gasteiger partial charge in [0.05, 0.1) is 18.1 Å². The van der Waals surface area contributed by atoms with Gasteiger partial charge in [-0.15, -0.1) is 0 Å². The number of fused-ring (bicyclic) bond motifs is 1. The smallest absolute Gasteiger partial charge is 0.331 e. The third kappa shape index (κ3) is 4.83. The summed E-state index contributed by atoms with van der Waals surface area (Å²) in [5.74, 6) is -0.227. The van der Waals surface area contributed by atoms with Crippen molar-refractivity contribution >= 4 is 28.6 Å². The number of aromatic nitrogens is 2. The van der Waals surface area contributed by atoms with Gasteiger partial charge in [-0.3, -0.25) is 4.98 Å². The molecular formula is C24H26N4O2. The summed E-state index contributed by atoms with van der Waals surface area (Å²) in [5, 5.41) is 15.0. The third-order valence-corrected chi connectivity index (χ3v) is 5.58. The minimum Gasteiger partial charge on any atom is -0.478 e. The zero-order valence-electron chi connectivity index (χ0n) is 17.1. The number of nitrogens with one attached hydrogen (secondary N) is 1. The summed E-state index contributed by atoms with van der Waals surface area (Å²) >= 11 is 0. The van der Waals surface area contributed by atoms with E-state index in [-0.39, 0.29) is 5.57 Å². The lowest BCUT2D eigenvalue weighted by Crippen LogP contribution is -2.28. The topological polar surface area (TPSA) is 78.4 Å². The monoisotopic (exact) mass is 402 g/mol. The molecule has 1 aliphatic rings. The maximum Gasteiger partial charge on any atom is 0.331 e. The van der Waals surface area contributed by atoms with E-state index in [4.69, 9.17) is 5.11 Å². The quantitative estimate of drug-likeness (QED) is 0.585. The zero-order chi connectivity index (χ0) is 20.9. The van der Waals surface area contributed by atoms with Crippen molar-refractivity contribution in [1.29, 1.82) is 0 Å². The number of benzene rings is 2. The Hall–Kier alpha value is -3.25. The number of carboxylic acid groups (broad SMARTS) is 1. The maximum absolute atomic E-state index is 10.9. The Labute approximate surface area is 176 Å². The predicted octanol–water partition coefficient (Wildman–Crippen LogP) is 3.85. The molecule has 1 aliphatic heterocycles. The van der Waals surface area contributed by atoms with Crippen molar-refractivity contribution in [3.05, 3.63) is 71.7 Å². The summed E-state index contributed by atoms with van der Waals surface area (Å²) in [6.45, 7) is 4.62. The Kier molecular flexibility index (Phi) is 6.05. The highest BCUT2D eigenvalue weighted by Gasteiger charge is 2.22. The first-order chi connectivity index (χ1) is 14.6. The Bertz CT molecular complexity index is 1060. The number of carboxylic acids is 1. The molecule has 3 aromatic rings. The van der Waals surface area contributed by atoms with Crippen LogP contribution in [0.2, 0.25) is 0 Å². The second-order valence-corrected chi connectivity index (χ2v) is 7.78. The van der Waals surface area contributed by atoms with E-state index in [2.05, 4.69) is 62.6 Å². The zero-order valence-corrected chi connectivity index (χ0v) is 17.1. The minimum atomic E-state index is -0.950. The van der Waals surface area contributed by atoms with E-state index in [1.54, 1.807) is 19.3 Å². The van der Waals surface area contributed by atoms with E-state index in [1.165, 1.54) is 22.4 Å². The van der Waals surface area contributed by atoms with Gasteiger partial charge in [0.25, 0.3) is 0 Å². The van der Waals surface area contributed by atoms with E-state index in [1.807, 2.05) is 0 Å². The molecule has 1 saturated heterocycles. The van der Waals surface area contributed by atoms with Gasteiger partial charge < -0.3 is 15.3 Å². The van der Waals surface area contributed by atoms with E-state index in [0.29, 0.717) is 11.7 Å². The van der Waals surface area contributed by atoms with Crippen LogP contribution in [0.5, 0.6) is 0 Å². The maximum atomic E-state index is 10.9. The van der Waals surface area contributed by atoms with E-state index >= 15 is 0 Å². The van der Waals surface area contributed by atoms with Gasteiger partial charge in [0.2, 0.25) is 0 Å². The summed E-state index contributed by atoms with van der Waals surface area (Å²) in [6, 6.07) is 15.4. The molecule has 0 amide bonds. The fraction of sp³-hybridized carbons (Fsp3) is 0.292. The van der Waals surface area contributed by atoms with Crippen molar-refractivity contribution in [2.75, 3.05) is 25.0 Å². The number of hydrogen-bond donors (Lipinski definition) is 2. The van der Waals surface area contributed by atoms with Gasteiger partial charge in [-0.2, -0.15) is 0 Å². The van der Waals surface area contributed by atoms with Gasteiger partial charge in [0, 0.05) is 31.2 Å². The SMILES string of the molecule is C/C(=C\c1cnc(N[C@@H]2CCN(CCc3cccc4ccccc34)C2)cn1)C(=O)O. The average molecular weight is 402 g/mol. The molecule has 0 radical (unpaired) electrons. The molecule has 0 bridgehead atoms. The Morgan fingerprint density at radius 3 is 2.83 bits per heavy atom. The van der Waals surface area contributed by atoms with Crippen LogP contribution in [0.1, 0.15) is 24.6 Å². The van der Waals surface area contributed by atoms with Crippen LogP contribution in [0, 0.1) is 0 Å². The number of nitrogens with zero attached hydrogens (tertiary/aromatic N) is 3. The number of hydrogen-bond acceptors (Lipinski definition) is 5.